The Morgan fingerprint density at radius 2 is 1.67 bits per heavy atom. The molecule has 0 aliphatic carbocycles. The van der Waals surface area contributed by atoms with Gasteiger partial charge in [-0.3, -0.25) is 4.79 Å². The fraction of sp³-hybridized carbons (Fsp3) is 0.125. The molecule has 0 aliphatic heterocycles. The quantitative estimate of drug-likeness (QED) is 0.779. The van der Waals surface area contributed by atoms with E-state index < -0.39 is 17.9 Å². The summed E-state index contributed by atoms with van der Waals surface area (Å²) >= 11 is 0. The number of carboxylic acid groups (broad SMARTS) is 1. The van der Waals surface area contributed by atoms with E-state index in [-0.39, 0.29) is 0 Å². The minimum Gasteiger partial charge on any atom is -0.479 e. The van der Waals surface area contributed by atoms with E-state index in [9.17, 15) is 14.7 Å². The number of aliphatic carboxylic acids is 1. The van der Waals surface area contributed by atoms with Crippen molar-refractivity contribution in [3.05, 3.63) is 71.3 Å². The van der Waals surface area contributed by atoms with Crippen molar-refractivity contribution < 1.29 is 14.7 Å². The molecule has 108 valence electrons. The molecule has 0 aromatic heterocycles. The molecule has 0 heterocycles. The maximum absolute atomic E-state index is 12.1. The highest BCUT2D eigenvalue weighted by atomic mass is 16.4. The van der Waals surface area contributed by atoms with Gasteiger partial charge in [-0.25, -0.2) is 4.79 Å². The Morgan fingerprint density at radius 3 is 2.19 bits per heavy atom. The molecule has 0 saturated carbocycles. The molecular formula is C16H16N2O3. The van der Waals surface area contributed by atoms with Crippen molar-refractivity contribution in [3.63, 3.8) is 0 Å². The number of carboxylic acids is 1. The van der Waals surface area contributed by atoms with E-state index in [4.69, 9.17) is 5.73 Å². The van der Waals surface area contributed by atoms with Crippen LogP contribution in [0.15, 0.2) is 54.6 Å². The summed E-state index contributed by atoms with van der Waals surface area (Å²) in [4.78, 5) is 23.5. The lowest BCUT2D eigenvalue weighted by Crippen LogP contribution is -2.33. The first-order valence-electron chi connectivity index (χ1n) is 6.49. The van der Waals surface area contributed by atoms with Crippen molar-refractivity contribution in [1.29, 1.82) is 0 Å². The molecule has 0 spiro atoms. The Labute approximate surface area is 122 Å². The fourth-order valence-corrected chi connectivity index (χ4v) is 1.94. The number of hydrogen-bond donors (Lipinski definition) is 3. The fourth-order valence-electron chi connectivity index (χ4n) is 1.94. The van der Waals surface area contributed by atoms with Gasteiger partial charge in [0.2, 0.25) is 0 Å². The second kappa shape index (κ2) is 6.67. The highest BCUT2D eigenvalue weighted by molar-refractivity contribution is 5.96. The maximum atomic E-state index is 12.1. The summed E-state index contributed by atoms with van der Waals surface area (Å²) in [7, 11) is 0. The summed E-state index contributed by atoms with van der Waals surface area (Å²) in [6, 6.07) is 14.2. The Balaban J connectivity index is 2.16. The first-order chi connectivity index (χ1) is 10.1. The lowest BCUT2D eigenvalue weighted by molar-refractivity contribution is -0.139. The molecule has 5 nitrogen and oxygen atoms in total. The summed E-state index contributed by atoms with van der Waals surface area (Å²) in [5.74, 6) is -1.54. The van der Waals surface area contributed by atoms with E-state index in [1.807, 2.05) is 0 Å². The summed E-state index contributed by atoms with van der Waals surface area (Å²) in [6.07, 6.45) is 0. The Kier molecular flexibility index (Phi) is 4.68. The normalized spacial score (nSPS) is 11.7. The van der Waals surface area contributed by atoms with Crippen LogP contribution in [0.25, 0.3) is 0 Å². The van der Waals surface area contributed by atoms with Crippen LogP contribution in [0.2, 0.25) is 0 Å². The van der Waals surface area contributed by atoms with Crippen LogP contribution in [0.4, 0.5) is 0 Å². The largest absolute Gasteiger partial charge is 0.479 e. The monoisotopic (exact) mass is 284 g/mol. The highest BCUT2D eigenvalue weighted by Gasteiger charge is 2.22. The third-order valence-electron chi connectivity index (χ3n) is 3.11. The lowest BCUT2D eigenvalue weighted by atomic mass is 10.1. The molecule has 1 amide bonds. The molecule has 0 fully saturated rings. The van der Waals surface area contributed by atoms with Gasteiger partial charge in [-0.2, -0.15) is 0 Å². The van der Waals surface area contributed by atoms with E-state index in [0.717, 1.165) is 5.56 Å². The van der Waals surface area contributed by atoms with Gasteiger partial charge in [-0.15, -0.1) is 0 Å². The van der Waals surface area contributed by atoms with Crippen LogP contribution in [-0.4, -0.2) is 17.0 Å². The van der Waals surface area contributed by atoms with Gasteiger partial charge in [0.1, 0.15) is 0 Å². The predicted molar refractivity (Wildman–Crippen MR) is 78.6 cm³/mol. The van der Waals surface area contributed by atoms with Crippen LogP contribution >= 0.6 is 0 Å². The SMILES string of the molecule is NCc1ccc(C(=O)NC(C(=O)O)c2ccccc2)cc1. The molecule has 0 bridgehead atoms. The summed E-state index contributed by atoms with van der Waals surface area (Å²) in [6.45, 7) is 0.393. The summed E-state index contributed by atoms with van der Waals surface area (Å²) in [5.41, 5.74) is 7.32. The van der Waals surface area contributed by atoms with Crippen molar-refractivity contribution in [3.8, 4) is 0 Å². The number of nitrogens with one attached hydrogen (secondary N) is 1. The predicted octanol–water partition coefficient (Wildman–Crippen LogP) is 1.70. The second-order valence-corrected chi connectivity index (χ2v) is 4.56. The number of nitrogens with two attached hydrogens (primary N) is 1. The highest BCUT2D eigenvalue weighted by Crippen LogP contribution is 2.14. The number of hydrogen-bond acceptors (Lipinski definition) is 3. The molecule has 21 heavy (non-hydrogen) atoms. The van der Waals surface area contributed by atoms with Crippen molar-refractivity contribution in [1.82, 2.24) is 5.32 Å². The Morgan fingerprint density at radius 1 is 1.05 bits per heavy atom. The number of amides is 1. The van der Waals surface area contributed by atoms with Crippen LogP contribution < -0.4 is 11.1 Å². The van der Waals surface area contributed by atoms with Crippen LogP contribution in [-0.2, 0) is 11.3 Å². The third kappa shape index (κ3) is 3.67. The molecule has 0 radical (unpaired) electrons. The molecule has 2 aromatic carbocycles. The van der Waals surface area contributed by atoms with Crippen molar-refractivity contribution in [2.75, 3.05) is 0 Å². The van der Waals surface area contributed by atoms with Crippen molar-refractivity contribution in [2.45, 2.75) is 12.6 Å². The lowest BCUT2D eigenvalue weighted by Gasteiger charge is -2.15. The second-order valence-electron chi connectivity index (χ2n) is 4.56. The van der Waals surface area contributed by atoms with E-state index in [1.165, 1.54) is 0 Å². The minimum absolute atomic E-state index is 0.393. The molecule has 1 atom stereocenters. The number of rotatable bonds is 5. The zero-order valence-electron chi connectivity index (χ0n) is 11.3. The van der Waals surface area contributed by atoms with E-state index in [1.54, 1.807) is 54.6 Å². The standard InChI is InChI=1S/C16H16N2O3/c17-10-11-6-8-13(9-7-11)15(19)18-14(16(20)21)12-4-2-1-3-5-12/h1-9,14H,10,17H2,(H,18,19)(H,20,21). The smallest absolute Gasteiger partial charge is 0.330 e. The average Bonchev–Trinajstić information content (AvgIpc) is 2.53. The van der Waals surface area contributed by atoms with E-state index >= 15 is 0 Å². The van der Waals surface area contributed by atoms with Gasteiger partial charge in [-0.1, -0.05) is 42.5 Å². The van der Waals surface area contributed by atoms with E-state index in [2.05, 4.69) is 5.32 Å². The van der Waals surface area contributed by atoms with Gasteiger partial charge >= 0.3 is 5.97 Å². The van der Waals surface area contributed by atoms with Gasteiger partial charge < -0.3 is 16.2 Å². The van der Waals surface area contributed by atoms with Crippen LogP contribution in [0.5, 0.6) is 0 Å². The van der Waals surface area contributed by atoms with Gasteiger partial charge in [-0.05, 0) is 23.3 Å². The molecule has 4 N–H and O–H groups in total. The van der Waals surface area contributed by atoms with Crippen LogP contribution in [0.3, 0.4) is 0 Å². The van der Waals surface area contributed by atoms with Crippen LogP contribution in [0, 0.1) is 0 Å². The number of carbonyl (C=O) groups excluding carboxylic acids is 1. The molecular weight excluding hydrogens is 268 g/mol. The third-order valence-corrected chi connectivity index (χ3v) is 3.11. The molecule has 0 aliphatic rings. The van der Waals surface area contributed by atoms with Crippen molar-refractivity contribution in [2.24, 2.45) is 5.73 Å². The molecule has 1 unspecified atom stereocenters. The average molecular weight is 284 g/mol. The van der Waals surface area contributed by atoms with Crippen LogP contribution in [0.1, 0.15) is 27.5 Å². The van der Waals surface area contributed by atoms with Gasteiger partial charge in [0.05, 0.1) is 0 Å². The first kappa shape index (κ1) is 14.7. The van der Waals surface area contributed by atoms with Gasteiger partial charge in [0, 0.05) is 12.1 Å². The molecule has 2 rings (SSSR count). The van der Waals surface area contributed by atoms with Gasteiger partial charge in [0.15, 0.2) is 6.04 Å². The molecule has 5 heteroatoms. The van der Waals surface area contributed by atoms with Gasteiger partial charge in [0.25, 0.3) is 5.91 Å². The Bertz CT molecular complexity index is 624. The topological polar surface area (TPSA) is 92.4 Å². The minimum atomic E-state index is -1.10. The summed E-state index contributed by atoms with van der Waals surface area (Å²) in [5, 5.41) is 11.8. The zero-order chi connectivity index (χ0) is 15.2. The maximum Gasteiger partial charge on any atom is 0.330 e. The molecule has 2 aromatic rings. The Hall–Kier alpha value is -2.66. The number of carbonyl (C=O) groups is 2. The number of benzene rings is 2. The molecule has 0 saturated heterocycles. The summed E-state index contributed by atoms with van der Waals surface area (Å²) < 4.78 is 0. The zero-order valence-corrected chi connectivity index (χ0v) is 11.3. The first-order valence-corrected chi connectivity index (χ1v) is 6.49. The van der Waals surface area contributed by atoms with E-state index in [0.29, 0.717) is 17.7 Å². The van der Waals surface area contributed by atoms with Crippen molar-refractivity contribution >= 4 is 11.9 Å².